The van der Waals surface area contributed by atoms with Gasteiger partial charge in [-0.2, -0.15) is 0 Å². The summed E-state index contributed by atoms with van der Waals surface area (Å²) in [6.07, 6.45) is 0. The van der Waals surface area contributed by atoms with Gasteiger partial charge in [-0.3, -0.25) is 9.59 Å². The van der Waals surface area contributed by atoms with E-state index < -0.39 is 0 Å². The number of piperazine rings is 1. The Labute approximate surface area is 154 Å². The number of nitrogens with zero attached hydrogens (tertiary/aromatic N) is 2. The molecule has 1 aliphatic rings. The lowest BCUT2D eigenvalue weighted by Gasteiger charge is -2.41. The van der Waals surface area contributed by atoms with E-state index in [4.69, 9.17) is 0 Å². The molecule has 2 heterocycles. The minimum absolute atomic E-state index is 0.0417. The highest BCUT2D eigenvalue weighted by Gasteiger charge is 2.29. The highest BCUT2D eigenvalue weighted by Crippen LogP contribution is 2.23. The Morgan fingerprint density at radius 2 is 1.88 bits per heavy atom. The molecule has 0 saturated carbocycles. The van der Waals surface area contributed by atoms with E-state index in [2.05, 4.69) is 28.9 Å². The molecular formula is C21H27N3O2. The van der Waals surface area contributed by atoms with Crippen LogP contribution in [0.5, 0.6) is 0 Å². The van der Waals surface area contributed by atoms with Crippen molar-refractivity contribution in [3.05, 3.63) is 63.6 Å². The van der Waals surface area contributed by atoms with Crippen molar-refractivity contribution in [2.75, 3.05) is 24.5 Å². The first-order valence-electron chi connectivity index (χ1n) is 9.23. The van der Waals surface area contributed by atoms with E-state index in [0.717, 1.165) is 18.8 Å². The zero-order valence-corrected chi connectivity index (χ0v) is 16.0. The Bertz CT molecular complexity index is 856. The van der Waals surface area contributed by atoms with Gasteiger partial charge >= 0.3 is 0 Å². The molecule has 5 heteroatoms. The van der Waals surface area contributed by atoms with E-state index in [1.165, 1.54) is 11.3 Å². The summed E-state index contributed by atoms with van der Waals surface area (Å²) in [5.74, 6) is 0.0434. The van der Waals surface area contributed by atoms with Crippen LogP contribution in [0.4, 0.5) is 5.69 Å². The number of H-pyrrole nitrogens is 1. The summed E-state index contributed by atoms with van der Waals surface area (Å²) in [5, 5.41) is 0. The highest BCUT2D eigenvalue weighted by atomic mass is 16.2. The molecule has 1 aromatic carbocycles. The summed E-state index contributed by atoms with van der Waals surface area (Å²) in [6, 6.07) is 11.8. The maximum Gasteiger partial charge on any atom is 0.261 e. The molecule has 2 aromatic rings. The third-order valence-electron chi connectivity index (χ3n) is 5.13. The summed E-state index contributed by atoms with van der Waals surface area (Å²) in [6.45, 7) is 10.3. The molecule has 1 N–H and O–H groups in total. The normalized spacial score (nSPS) is 17.7. The van der Waals surface area contributed by atoms with E-state index in [1.807, 2.05) is 43.9 Å². The zero-order valence-electron chi connectivity index (χ0n) is 16.0. The molecule has 1 aromatic heterocycles. The number of hydrogen-bond donors (Lipinski definition) is 1. The summed E-state index contributed by atoms with van der Waals surface area (Å²) in [4.78, 5) is 32.2. The van der Waals surface area contributed by atoms with Crippen molar-refractivity contribution < 1.29 is 4.79 Å². The van der Waals surface area contributed by atoms with Crippen molar-refractivity contribution in [3.8, 4) is 0 Å². The number of nitrogens with one attached hydrogen (secondary N) is 1. The Morgan fingerprint density at radius 3 is 2.50 bits per heavy atom. The number of hydrogen-bond acceptors (Lipinski definition) is 3. The lowest BCUT2D eigenvalue weighted by Crippen LogP contribution is -2.54. The second-order valence-corrected chi connectivity index (χ2v) is 7.39. The molecular weight excluding hydrogens is 326 g/mol. The van der Waals surface area contributed by atoms with Gasteiger partial charge in [0.1, 0.15) is 5.56 Å². The Morgan fingerprint density at radius 1 is 1.15 bits per heavy atom. The van der Waals surface area contributed by atoms with Crippen LogP contribution in [0.2, 0.25) is 0 Å². The fourth-order valence-electron chi connectivity index (χ4n) is 3.55. The molecule has 138 valence electrons. The van der Waals surface area contributed by atoms with Crippen molar-refractivity contribution in [3.63, 3.8) is 0 Å². The van der Waals surface area contributed by atoms with E-state index >= 15 is 0 Å². The minimum atomic E-state index is -0.297. The molecule has 0 bridgehead atoms. The zero-order chi connectivity index (χ0) is 18.8. The van der Waals surface area contributed by atoms with Crippen LogP contribution in [-0.2, 0) is 0 Å². The first-order valence-corrected chi connectivity index (χ1v) is 9.23. The molecule has 1 fully saturated rings. The molecule has 0 spiro atoms. The lowest BCUT2D eigenvalue weighted by molar-refractivity contribution is 0.0672. The number of carbonyl (C=O) groups is 1. The van der Waals surface area contributed by atoms with Gasteiger partial charge in [-0.25, -0.2) is 0 Å². The average Bonchev–Trinajstić information content (AvgIpc) is 2.61. The molecule has 0 aliphatic carbocycles. The van der Waals surface area contributed by atoms with Crippen molar-refractivity contribution in [2.45, 2.75) is 39.7 Å². The number of pyridine rings is 1. The van der Waals surface area contributed by atoms with Crippen molar-refractivity contribution >= 4 is 11.6 Å². The fraction of sp³-hybridized carbons (Fsp3) is 0.429. The molecule has 1 atom stereocenters. The van der Waals surface area contributed by atoms with Crippen LogP contribution in [0.25, 0.3) is 0 Å². The number of amides is 1. The predicted molar refractivity (Wildman–Crippen MR) is 105 cm³/mol. The molecule has 26 heavy (non-hydrogen) atoms. The van der Waals surface area contributed by atoms with E-state index in [-0.39, 0.29) is 29.0 Å². The maximum atomic E-state index is 12.9. The smallest absolute Gasteiger partial charge is 0.261 e. The monoisotopic (exact) mass is 353 g/mol. The molecule has 0 radical (unpaired) electrons. The van der Waals surface area contributed by atoms with Gasteiger partial charge in [-0.15, -0.1) is 0 Å². The molecule has 5 nitrogen and oxygen atoms in total. The van der Waals surface area contributed by atoms with Gasteiger partial charge in [0.05, 0.1) is 0 Å². The van der Waals surface area contributed by atoms with Gasteiger partial charge in [-0.05, 0) is 43.5 Å². The number of rotatable bonds is 3. The molecule has 3 rings (SSSR count). The van der Waals surface area contributed by atoms with Gasteiger partial charge in [0.15, 0.2) is 0 Å². The quantitative estimate of drug-likeness (QED) is 0.922. The molecule has 1 unspecified atom stereocenters. The number of aromatic amines is 1. The van der Waals surface area contributed by atoms with Crippen molar-refractivity contribution in [1.29, 1.82) is 0 Å². The average molecular weight is 353 g/mol. The second kappa shape index (κ2) is 7.36. The van der Waals surface area contributed by atoms with E-state index in [0.29, 0.717) is 6.54 Å². The maximum absolute atomic E-state index is 12.9. The Kier molecular flexibility index (Phi) is 5.16. The van der Waals surface area contributed by atoms with Gasteiger partial charge in [-0.1, -0.05) is 32.0 Å². The van der Waals surface area contributed by atoms with Gasteiger partial charge in [0, 0.05) is 37.1 Å². The standard InChI is InChI=1S/C21H27N3O2/c1-14(2)18-10-9-17(20(25)22-18)21(26)24-12-11-23(13-16(24)4)19-8-6-5-7-15(19)3/h5-10,14,16H,11-13H2,1-4H3,(H,22,25). The van der Waals surface area contributed by atoms with Crippen LogP contribution in [-0.4, -0.2) is 41.5 Å². The molecule has 1 aliphatic heterocycles. The number of aromatic nitrogens is 1. The van der Waals surface area contributed by atoms with Crippen LogP contribution < -0.4 is 10.5 Å². The lowest BCUT2D eigenvalue weighted by atomic mass is 10.1. The van der Waals surface area contributed by atoms with Gasteiger partial charge in [0.25, 0.3) is 11.5 Å². The van der Waals surface area contributed by atoms with Crippen LogP contribution in [0.15, 0.2) is 41.2 Å². The third-order valence-corrected chi connectivity index (χ3v) is 5.13. The third kappa shape index (κ3) is 3.52. The van der Waals surface area contributed by atoms with Gasteiger partial charge < -0.3 is 14.8 Å². The van der Waals surface area contributed by atoms with Crippen LogP contribution in [0, 0.1) is 6.92 Å². The Balaban J connectivity index is 1.76. The van der Waals surface area contributed by atoms with Gasteiger partial charge in [0.2, 0.25) is 0 Å². The Hall–Kier alpha value is -2.56. The fourth-order valence-corrected chi connectivity index (χ4v) is 3.55. The van der Waals surface area contributed by atoms with Crippen molar-refractivity contribution in [1.82, 2.24) is 9.88 Å². The minimum Gasteiger partial charge on any atom is -0.367 e. The van der Waals surface area contributed by atoms with E-state index in [1.54, 1.807) is 6.07 Å². The summed E-state index contributed by atoms with van der Waals surface area (Å²) < 4.78 is 0. The number of carbonyl (C=O) groups excluding carboxylic acids is 1. The van der Waals surface area contributed by atoms with E-state index in [9.17, 15) is 9.59 Å². The molecule has 1 saturated heterocycles. The predicted octanol–water partition coefficient (Wildman–Crippen LogP) is 3.16. The first kappa shape index (κ1) is 18.2. The van der Waals surface area contributed by atoms with Crippen LogP contribution in [0.1, 0.15) is 48.3 Å². The van der Waals surface area contributed by atoms with Crippen LogP contribution in [0.3, 0.4) is 0 Å². The molecule has 1 amide bonds. The summed E-state index contributed by atoms with van der Waals surface area (Å²) in [5.41, 5.74) is 3.23. The first-order chi connectivity index (χ1) is 12.4. The number of para-hydroxylation sites is 1. The summed E-state index contributed by atoms with van der Waals surface area (Å²) in [7, 11) is 0. The SMILES string of the molecule is Cc1ccccc1N1CCN(C(=O)c2ccc(C(C)C)[nH]c2=O)C(C)C1. The summed E-state index contributed by atoms with van der Waals surface area (Å²) >= 11 is 0. The topological polar surface area (TPSA) is 56.4 Å². The number of anilines is 1. The largest absolute Gasteiger partial charge is 0.367 e. The number of benzene rings is 1. The van der Waals surface area contributed by atoms with Crippen LogP contribution >= 0.6 is 0 Å². The number of aryl methyl sites for hydroxylation is 1. The second-order valence-electron chi connectivity index (χ2n) is 7.39. The highest BCUT2D eigenvalue weighted by molar-refractivity contribution is 5.94. The van der Waals surface area contributed by atoms with Crippen molar-refractivity contribution in [2.24, 2.45) is 0 Å².